The standard InChI is InChI=1S/C6H7As/c1-4-7(5-2)6-3/h1-2H,6H2,3H3. The predicted molar refractivity (Wildman–Crippen MR) is 33.9 cm³/mol. The summed E-state index contributed by atoms with van der Waals surface area (Å²) in [6.07, 6.45) is 10.1. The van der Waals surface area contributed by atoms with E-state index >= 15 is 0 Å². The van der Waals surface area contributed by atoms with Crippen LogP contribution in [-0.2, 0) is 0 Å². The van der Waals surface area contributed by atoms with Crippen LogP contribution in [0.25, 0.3) is 0 Å². The van der Waals surface area contributed by atoms with E-state index in [0.29, 0.717) is 0 Å². The SMILES string of the molecule is C#C[As](C#C)CC. The van der Waals surface area contributed by atoms with Crippen molar-refractivity contribution < 1.29 is 0 Å². The molecule has 0 aliphatic carbocycles. The van der Waals surface area contributed by atoms with Gasteiger partial charge in [0.25, 0.3) is 0 Å². The summed E-state index contributed by atoms with van der Waals surface area (Å²) in [5.41, 5.74) is 0. The Morgan fingerprint density at radius 1 is 1.43 bits per heavy atom. The van der Waals surface area contributed by atoms with Crippen molar-refractivity contribution in [2.45, 2.75) is 12.1 Å². The van der Waals surface area contributed by atoms with Gasteiger partial charge in [-0.3, -0.25) is 0 Å². The number of hydrogen-bond donors (Lipinski definition) is 0. The zero-order chi connectivity index (χ0) is 5.70. The molecule has 1 heteroatoms. The van der Waals surface area contributed by atoms with Crippen LogP contribution in [0.3, 0.4) is 0 Å². The van der Waals surface area contributed by atoms with E-state index in [1.165, 1.54) is 0 Å². The fourth-order valence-corrected chi connectivity index (χ4v) is 1.14. The molecule has 7 heavy (non-hydrogen) atoms. The summed E-state index contributed by atoms with van der Waals surface area (Å²) in [4.78, 5) is 0. The first-order valence-electron chi connectivity index (χ1n) is 2.05. The molecular weight excluding hydrogens is 147 g/mol. The first-order chi connectivity index (χ1) is 3.35. The van der Waals surface area contributed by atoms with Gasteiger partial charge in [-0.05, 0) is 0 Å². The maximum absolute atomic E-state index is 5.07. The van der Waals surface area contributed by atoms with Crippen LogP contribution >= 0.6 is 0 Å². The Balaban J connectivity index is 3.50. The average molecular weight is 154 g/mol. The summed E-state index contributed by atoms with van der Waals surface area (Å²) < 4.78 is 5.22. The van der Waals surface area contributed by atoms with Gasteiger partial charge in [-0.15, -0.1) is 0 Å². The number of hydrogen-bond acceptors (Lipinski definition) is 0. The van der Waals surface area contributed by atoms with E-state index in [1.807, 2.05) is 6.92 Å². The Hall–Kier alpha value is -0.322. The Labute approximate surface area is 49.6 Å². The second kappa shape index (κ2) is 3.85. The van der Waals surface area contributed by atoms with Crippen molar-refractivity contribution in [3.63, 3.8) is 0 Å². The summed E-state index contributed by atoms with van der Waals surface area (Å²) in [6.45, 7) is 2.04. The minimum atomic E-state index is -1.17. The van der Waals surface area contributed by atoms with Crippen molar-refractivity contribution in [1.29, 1.82) is 0 Å². The first-order valence-corrected chi connectivity index (χ1v) is 5.25. The van der Waals surface area contributed by atoms with Crippen LogP contribution in [0.2, 0.25) is 5.21 Å². The van der Waals surface area contributed by atoms with E-state index in [0.717, 1.165) is 5.21 Å². The number of rotatable bonds is 1. The van der Waals surface area contributed by atoms with Gasteiger partial charge in [0.15, 0.2) is 0 Å². The zero-order valence-electron chi connectivity index (χ0n) is 4.31. The molecule has 0 N–H and O–H groups in total. The van der Waals surface area contributed by atoms with E-state index in [4.69, 9.17) is 12.8 Å². The van der Waals surface area contributed by atoms with Gasteiger partial charge in [-0.1, -0.05) is 0 Å². The van der Waals surface area contributed by atoms with Gasteiger partial charge in [0.05, 0.1) is 0 Å². The van der Waals surface area contributed by atoms with Gasteiger partial charge in [-0.2, -0.15) is 0 Å². The fourth-order valence-electron chi connectivity index (χ4n) is 0.220. The maximum atomic E-state index is 5.07. The third kappa shape index (κ3) is 2.38. The van der Waals surface area contributed by atoms with Gasteiger partial charge >= 0.3 is 49.0 Å². The third-order valence-electron chi connectivity index (χ3n) is 0.628. The zero-order valence-corrected chi connectivity index (χ0v) is 6.19. The van der Waals surface area contributed by atoms with Gasteiger partial charge in [0.2, 0.25) is 0 Å². The van der Waals surface area contributed by atoms with E-state index in [-0.39, 0.29) is 0 Å². The second-order valence-electron chi connectivity index (χ2n) is 1.00. The van der Waals surface area contributed by atoms with Crippen LogP contribution < -0.4 is 0 Å². The molecule has 0 heterocycles. The third-order valence-corrected chi connectivity index (χ3v) is 3.26. The molecule has 0 aliphatic rings. The summed E-state index contributed by atoms with van der Waals surface area (Å²) >= 11 is -1.17. The van der Waals surface area contributed by atoms with Crippen molar-refractivity contribution in [3.05, 3.63) is 0 Å². The molecule has 0 atom stereocenters. The van der Waals surface area contributed by atoms with E-state index < -0.39 is 14.7 Å². The molecule has 0 bridgehead atoms. The molecule has 36 valence electrons. The van der Waals surface area contributed by atoms with Crippen LogP contribution in [0.5, 0.6) is 0 Å². The molecule has 0 spiro atoms. The van der Waals surface area contributed by atoms with Crippen molar-refractivity contribution in [2.24, 2.45) is 0 Å². The van der Waals surface area contributed by atoms with Gasteiger partial charge in [0.1, 0.15) is 0 Å². The molecule has 0 rings (SSSR count). The van der Waals surface area contributed by atoms with E-state index in [2.05, 4.69) is 9.42 Å². The molecule has 0 unspecified atom stereocenters. The van der Waals surface area contributed by atoms with E-state index in [9.17, 15) is 0 Å². The molecule has 0 aromatic heterocycles. The van der Waals surface area contributed by atoms with Crippen molar-refractivity contribution in [3.8, 4) is 22.3 Å². The number of terminal acetylenes is 2. The summed E-state index contributed by atoms with van der Waals surface area (Å²) in [6, 6.07) is 0. The molecule has 0 amide bonds. The van der Waals surface area contributed by atoms with Crippen LogP contribution in [-0.4, -0.2) is 14.7 Å². The molecule has 0 saturated carbocycles. The van der Waals surface area contributed by atoms with Gasteiger partial charge < -0.3 is 0 Å². The van der Waals surface area contributed by atoms with Crippen LogP contribution in [0.15, 0.2) is 0 Å². The first kappa shape index (κ1) is 6.68. The normalized spacial score (nSPS) is 7.43. The molecule has 0 radical (unpaired) electrons. The molecule has 0 fully saturated rings. The fraction of sp³-hybridized carbons (Fsp3) is 0.333. The molecule has 0 aliphatic heterocycles. The molecule has 0 aromatic carbocycles. The quantitative estimate of drug-likeness (QED) is 0.388. The molecule has 0 saturated heterocycles. The Morgan fingerprint density at radius 2 is 1.86 bits per heavy atom. The summed E-state index contributed by atoms with van der Waals surface area (Å²) in [5.74, 6) is 0. The van der Waals surface area contributed by atoms with Crippen LogP contribution in [0.1, 0.15) is 6.92 Å². The van der Waals surface area contributed by atoms with Gasteiger partial charge in [0, 0.05) is 0 Å². The van der Waals surface area contributed by atoms with Crippen molar-refractivity contribution in [2.75, 3.05) is 0 Å². The van der Waals surface area contributed by atoms with Crippen LogP contribution in [0, 0.1) is 22.3 Å². The van der Waals surface area contributed by atoms with E-state index in [1.54, 1.807) is 0 Å². The Morgan fingerprint density at radius 3 is 1.86 bits per heavy atom. The Bertz CT molecular complexity index is 99.1. The van der Waals surface area contributed by atoms with Crippen molar-refractivity contribution >= 4 is 14.7 Å². The second-order valence-corrected chi connectivity index (χ2v) is 5.21. The topological polar surface area (TPSA) is 0 Å². The van der Waals surface area contributed by atoms with Gasteiger partial charge in [-0.25, -0.2) is 0 Å². The Kier molecular flexibility index (Phi) is 3.68. The molecular formula is C6H7As. The summed E-state index contributed by atoms with van der Waals surface area (Å²) in [5, 5.41) is 1.03. The molecule has 0 aromatic rings. The summed E-state index contributed by atoms with van der Waals surface area (Å²) in [7, 11) is 0. The van der Waals surface area contributed by atoms with Crippen molar-refractivity contribution in [1.82, 2.24) is 0 Å². The monoisotopic (exact) mass is 154 g/mol. The molecule has 0 nitrogen and oxygen atoms in total. The average Bonchev–Trinajstić information content (AvgIpc) is 1.72. The minimum absolute atomic E-state index is 1.03. The van der Waals surface area contributed by atoms with Crippen LogP contribution in [0.4, 0.5) is 0 Å². The predicted octanol–water partition coefficient (Wildman–Crippen LogP) is 0.846.